The summed E-state index contributed by atoms with van der Waals surface area (Å²) in [5, 5.41) is 1.11. The minimum Gasteiger partial charge on any atom is -0.309 e. The molecule has 106 valence electrons. The van der Waals surface area contributed by atoms with Crippen LogP contribution in [-0.2, 0) is 6.54 Å². The van der Waals surface area contributed by atoms with Crippen molar-refractivity contribution in [1.29, 1.82) is 0 Å². The second-order valence-corrected chi connectivity index (χ2v) is 6.09. The van der Waals surface area contributed by atoms with Crippen LogP contribution >= 0.6 is 11.6 Å². The number of nitrogens with zero attached hydrogens (tertiary/aromatic N) is 2. The summed E-state index contributed by atoms with van der Waals surface area (Å²) in [7, 11) is 0. The molecule has 1 atom stereocenters. The third-order valence-corrected chi connectivity index (χ3v) is 4.07. The Kier molecular flexibility index (Phi) is 3.76. The number of likely N-dealkylation sites (tertiary alicyclic amines) is 1. The monoisotopic (exact) mass is 291 g/mol. The molecule has 1 fully saturated rings. The van der Waals surface area contributed by atoms with Crippen LogP contribution in [0.3, 0.4) is 0 Å². The third-order valence-electron chi connectivity index (χ3n) is 3.83. The number of halogens is 1. The average Bonchev–Trinajstić information content (AvgIpc) is 2.40. The number of hydrogen-bond acceptors (Lipinski definition) is 3. The van der Waals surface area contributed by atoms with E-state index in [9.17, 15) is 4.79 Å². The number of aromatic amines is 1. The number of hydrogen-bond donors (Lipinski definition) is 1. The summed E-state index contributed by atoms with van der Waals surface area (Å²) >= 11 is 5.91. The Hall–Kier alpha value is -1.39. The van der Waals surface area contributed by atoms with Gasteiger partial charge in [0.1, 0.15) is 5.82 Å². The van der Waals surface area contributed by atoms with E-state index in [1.54, 1.807) is 18.2 Å². The maximum Gasteiger partial charge on any atom is 0.258 e. The highest BCUT2D eigenvalue weighted by Crippen LogP contribution is 2.18. The van der Waals surface area contributed by atoms with Gasteiger partial charge in [0.25, 0.3) is 5.56 Å². The number of rotatable bonds is 2. The molecule has 4 nitrogen and oxygen atoms in total. The van der Waals surface area contributed by atoms with Gasteiger partial charge in [-0.3, -0.25) is 9.69 Å². The zero-order chi connectivity index (χ0) is 14.1. The largest absolute Gasteiger partial charge is 0.309 e. The van der Waals surface area contributed by atoms with Crippen molar-refractivity contribution < 1.29 is 0 Å². The molecule has 0 aliphatic carbocycles. The first-order valence-corrected chi connectivity index (χ1v) is 7.40. The molecule has 1 aliphatic heterocycles. The van der Waals surface area contributed by atoms with Crippen molar-refractivity contribution in [2.45, 2.75) is 26.3 Å². The molecular formula is C15H18ClN3O. The molecule has 0 spiro atoms. The van der Waals surface area contributed by atoms with Gasteiger partial charge in [0.15, 0.2) is 0 Å². The predicted octanol–water partition coefficient (Wildman–Crippen LogP) is 2.81. The van der Waals surface area contributed by atoms with Gasteiger partial charge in [0.05, 0.1) is 17.4 Å². The Labute approximate surface area is 122 Å². The van der Waals surface area contributed by atoms with Crippen LogP contribution in [0, 0.1) is 5.92 Å². The SMILES string of the molecule is CC1CCCN(Cc2nc3ccc(Cl)cc3c(=O)[nH]2)C1. The van der Waals surface area contributed by atoms with E-state index in [0.717, 1.165) is 24.8 Å². The summed E-state index contributed by atoms with van der Waals surface area (Å²) in [6.45, 7) is 5.12. The predicted molar refractivity (Wildman–Crippen MR) is 81.0 cm³/mol. The second-order valence-electron chi connectivity index (χ2n) is 5.66. The number of fused-ring (bicyclic) bond motifs is 1. The van der Waals surface area contributed by atoms with E-state index >= 15 is 0 Å². The van der Waals surface area contributed by atoms with E-state index in [1.165, 1.54) is 12.8 Å². The van der Waals surface area contributed by atoms with Crippen molar-refractivity contribution in [3.05, 3.63) is 39.4 Å². The molecule has 0 bridgehead atoms. The first-order valence-electron chi connectivity index (χ1n) is 7.02. The summed E-state index contributed by atoms with van der Waals surface area (Å²) in [4.78, 5) is 21.9. The van der Waals surface area contributed by atoms with Gasteiger partial charge in [-0.05, 0) is 43.5 Å². The summed E-state index contributed by atoms with van der Waals surface area (Å²) in [5.74, 6) is 1.45. The molecule has 1 unspecified atom stereocenters. The van der Waals surface area contributed by atoms with Crippen molar-refractivity contribution in [1.82, 2.24) is 14.9 Å². The number of piperidine rings is 1. The maximum absolute atomic E-state index is 12.1. The van der Waals surface area contributed by atoms with Crippen molar-refractivity contribution in [2.75, 3.05) is 13.1 Å². The fourth-order valence-corrected chi connectivity index (χ4v) is 3.05. The topological polar surface area (TPSA) is 49.0 Å². The lowest BCUT2D eigenvalue weighted by Gasteiger charge is -2.30. The smallest absolute Gasteiger partial charge is 0.258 e. The van der Waals surface area contributed by atoms with Crippen LogP contribution in [-0.4, -0.2) is 28.0 Å². The summed E-state index contributed by atoms with van der Waals surface area (Å²) < 4.78 is 0. The average molecular weight is 292 g/mol. The van der Waals surface area contributed by atoms with Crippen molar-refractivity contribution >= 4 is 22.5 Å². The molecule has 1 aromatic heterocycles. The lowest BCUT2D eigenvalue weighted by molar-refractivity contribution is 0.173. The molecule has 2 aromatic rings. The first kappa shape index (κ1) is 13.6. The quantitative estimate of drug-likeness (QED) is 0.925. The molecule has 0 radical (unpaired) electrons. The fraction of sp³-hybridized carbons (Fsp3) is 0.467. The zero-order valence-corrected chi connectivity index (χ0v) is 12.3. The minimum atomic E-state index is -0.113. The van der Waals surface area contributed by atoms with Crippen molar-refractivity contribution in [2.24, 2.45) is 5.92 Å². The van der Waals surface area contributed by atoms with Crippen LogP contribution in [0.5, 0.6) is 0 Å². The van der Waals surface area contributed by atoms with Gasteiger partial charge in [-0.15, -0.1) is 0 Å². The molecule has 0 saturated carbocycles. The molecule has 1 saturated heterocycles. The summed E-state index contributed by atoms with van der Waals surface area (Å²) in [5.41, 5.74) is 0.593. The highest BCUT2D eigenvalue weighted by Gasteiger charge is 2.17. The lowest BCUT2D eigenvalue weighted by Crippen LogP contribution is -2.34. The number of aromatic nitrogens is 2. The molecule has 1 N–H and O–H groups in total. The van der Waals surface area contributed by atoms with Gasteiger partial charge in [-0.25, -0.2) is 4.98 Å². The van der Waals surface area contributed by atoms with Gasteiger partial charge in [0, 0.05) is 11.6 Å². The van der Waals surface area contributed by atoms with Crippen molar-refractivity contribution in [3.63, 3.8) is 0 Å². The minimum absolute atomic E-state index is 0.113. The maximum atomic E-state index is 12.1. The Bertz CT molecular complexity index is 682. The molecule has 3 rings (SSSR count). The van der Waals surface area contributed by atoms with E-state index in [-0.39, 0.29) is 5.56 Å². The van der Waals surface area contributed by atoms with E-state index in [2.05, 4.69) is 21.8 Å². The molecule has 0 amide bonds. The molecule has 2 heterocycles. The van der Waals surface area contributed by atoms with Gasteiger partial charge in [-0.2, -0.15) is 0 Å². The van der Waals surface area contributed by atoms with Crippen LogP contribution < -0.4 is 5.56 Å². The highest BCUT2D eigenvalue weighted by molar-refractivity contribution is 6.31. The third kappa shape index (κ3) is 2.86. The standard InChI is InChI=1S/C15H18ClN3O/c1-10-3-2-6-19(8-10)9-14-17-13-5-4-11(16)7-12(13)15(20)18-14/h4-5,7,10H,2-3,6,8-9H2,1H3,(H,17,18,20). The molecule has 1 aromatic carbocycles. The summed E-state index contributed by atoms with van der Waals surface area (Å²) in [6, 6.07) is 5.23. The van der Waals surface area contributed by atoms with Gasteiger partial charge >= 0.3 is 0 Å². The normalized spacial score (nSPS) is 20.4. The number of benzene rings is 1. The molecular weight excluding hydrogens is 274 g/mol. The Morgan fingerprint density at radius 1 is 1.50 bits per heavy atom. The van der Waals surface area contributed by atoms with E-state index in [0.29, 0.717) is 22.5 Å². The Morgan fingerprint density at radius 3 is 3.15 bits per heavy atom. The van der Waals surface area contributed by atoms with Gasteiger partial charge in [0.2, 0.25) is 0 Å². The number of nitrogens with one attached hydrogen (secondary N) is 1. The first-order chi connectivity index (χ1) is 9.61. The van der Waals surface area contributed by atoms with E-state index < -0.39 is 0 Å². The van der Waals surface area contributed by atoms with Crippen LogP contribution in [0.1, 0.15) is 25.6 Å². The van der Waals surface area contributed by atoms with Crippen LogP contribution in [0.15, 0.2) is 23.0 Å². The van der Waals surface area contributed by atoms with Gasteiger partial charge < -0.3 is 4.98 Å². The van der Waals surface area contributed by atoms with E-state index in [4.69, 9.17) is 11.6 Å². The molecule has 1 aliphatic rings. The Morgan fingerprint density at radius 2 is 2.35 bits per heavy atom. The van der Waals surface area contributed by atoms with Crippen LogP contribution in [0.4, 0.5) is 0 Å². The van der Waals surface area contributed by atoms with Crippen LogP contribution in [0.2, 0.25) is 5.02 Å². The fourth-order valence-electron chi connectivity index (χ4n) is 2.88. The Balaban J connectivity index is 1.89. The van der Waals surface area contributed by atoms with Crippen LogP contribution in [0.25, 0.3) is 10.9 Å². The van der Waals surface area contributed by atoms with Crippen molar-refractivity contribution in [3.8, 4) is 0 Å². The lowest BCUT2D eigenvalue weighted by atomic mass is 10.0. The van der Waals surface area contributed by atoms with Gasteiger partial charge in [-0.1, -0.05) is 18.5 Å². The second kappa shape index (κ2) is 5.54. The van der Waals surface area contributed by atoms with E-state index in [1.807, 2.05) is 0 Å². The zero-order valence-electron chi connectivity index (χ0n) is 11.5. The highest BCUT2D eigenvalue weighted by atomic mass is 35.5. The molecule has 20 heavy (non-hydrogen) atoms. The number of H-pyrrole nitrogens is 1. The molecule has 5 heteroatoms. The summed E-state index contributed by atoms with van der Waals surface area (Å²) in [6.07, 6.45) is 2.51.